The Morgan fingerprint density at radius 2 is 1.75 bits per heavy atom. The van der Waals surface area contributed by atoms with E-state index in [1.54, 1.807) is 37.4 Å². The first kappa shape index (κ1) is 14.4. The van der Waals surface area contributed by atoms with E-state index in [1.807, 2.05) is 13.0 Å². The molecule has 4 heteroatoms. The number of aryl methyl sites for hydroxylation is 1. The highest BCUT2D eigenvalue weighted by Crippen LogP contribution is 2.29. The first-order valence-corrected chi connectivity index (χ1v) is 6.47. The Kier molecular flexibility index (Phi) is 4.30. The van der Waals surface area contributed by atoms with Gasteiger partial charge in [0.1, 0.15) is 11.5 Å². The molecule has 0 aliphatic heterocycles. The standard InChI is InChI=1S/C16H15ClO3/c1-10-4-6-12(14(17)8-10)16(18)13-9-11(19-2)5-7-15(13)20-3/h4-9H,1-3H3. The molecular weight excluding hydrogens is 276 g/mol. The minimum atomic E-state index is -0.189. The van der Waals surface area contributed by atoms with E-state index in [-0.39, 0.29) is 5.78 Å². The van der Waals surface area contributed by atoms with Crippen LogP contribution in [0.4, 0.5) is 0 Å². The second kappa shape index (κ2) is 5.97. The molecule has 2 rings (SSSR count). The van der Waals surface area contributed by atoms with Crippen molar-refractivity contribution in [2.24, 2.45) is 0 Å². The van der Waals surface area contributed by atoms with E-state index in [0.29, 0.717) is 27.6 Å². The largest absolute Gasteiger partial charge is 0.497 e. The van der Waals surface area contributed by atoms with Gasteiger partial charge in [0.15, 0.2) is 5.78 Å². The number of hydrogen-bond donors (Lipinski definition) is 0. The highest BCUT2D eigenvalue weighted by Gasteiger charge is 2.18. The zero-order chi connectivity index (χ0) is 14.7. The van der Waals surface area contributed by atoms with Crippen LogP contribution < -0.4 is 9.47 Å². The summed E-state index contributed by atoms with van der Waals surface area (Å²) < 4.78 is 10.4. The minimum absolute atomic E-state index is 0.189. The molecule has 0 heterocycles. The van der Waals surface area contributed by atoms with E-state index >= 15 is 0 Å². The summed E-state index contributed by atoms with van der Waals surface area (Å²) in [7, 11) is 3.07. The molecule has 104 valence electrons. The van der Waals surface area contributed by atoms with Gasteiger partial charge in [-0.3, -0.25) is 4.79 Å². The van der Waals surface area contributed by atoms with E-state index in [0.717, 1.165) is 5.56 Å². The highest BCUT2D eigenvalue weighted by molar-refractivity contribution is 6.35. The van der Waals surface area contributed by atoms with Crippen molar-refractivity contribution >= 4 is 17.4 Å². The first-order valence-electron chi connectivity index (χ1n) is 6.09. The van der Waals surface area contributed by atoms with Crippen LogP contribution in [0.2, 0.25) is 5.02 Å². The average molecular weight is 291 g/mol. The molecule has 0 aromatic heterocycles. The number of carbonyl (C=O) groups excluding carboxylic acids is 1. The lowest BCUT2D eigenvalue weighted by atomic mass is 10.0. The van der Waals surface area contributed by atoms with E-state index in [9.17, 15) is 4.79 Å². The highest BCUT2D eigenvalue weighted by atomic mass is 35.5. The van der Waals surface area contributed by atoms with Crippen molar-refractivity contribution in [2.45, 2.75) is 6.92 Å². The quantitative estimate of drug-likeness (QED) is 0.801. The number of ketones is 1. The molecule has 0 aliphatic rings. The van der Waals surface area contributed by atoms with Crippen LogP contribution >= 0.6 is 11.6 Å². The summed E-state index contributed by atoms with van der Waals surface area (Å²) in [5.41, 5.74) is 1.88. The van der Waals surface area contributed by atoms with Crippen molar-refractivity contribution in [3.63, 3.8) is 0 Å². The van der Waals surface area contributed by atoms with Gasteiger partial charge in [-0.1, -0.05) is 17.7 Å². The normalized spacial score (nSPS) is 10.2. The Balaban J connectivity index is 2.51. The summed E-state index contributed by atoms with van der Waals surface area (Å²) in [4.78, 5) is 12.6. The van der Waals surface area contributed by atoms with Crippen molar-refractivity contribution in [1.82, 2.24) is 0 Å². The summed E-state index contributed by atoms with van der Waals surface area (Å²) >= 11 is 6.15. The molecule has 0 unspecified atom stereocenters. The van der Waals surface area contributed by atoms with Crippen molar-refractivity contribution in [2.75, 3.05) is 14.2 Å². The molecule has 2 aromatic rings. The van der Waals surface area contributed by atoms with Gasteiger partial charge in [0.05, 0.1) is 24.8 Å². The number of benzene rings is 2. The fraction of sp³-hybridized carbons (Fsp3) is 0.188. The van der Waals surface area contributed by atoms with Crippen LogP contribution in [-0.2, 0) is 0 Å². The topological polar surface area (TPSA) is 35.5 Å². The second-order valence-electron chi connectivity index (χ2n) is 4.38. The van der Waals surface area contributed by atoms with Gasteiger partial charge >= 0.3 is 0 Å². The summed E-state index contributed by atoms with van der Waals surface area (Å²) in [6, 6.07) is 10.4. The maximum atomic E-state index is 12.6. The molecule has 0 fully saturated rings. The molecular formula is C16H15ClO3. The summed E-state index contributed by atoms with van der Waals surface area (Å²) in [6.45, 7) is 1.92. The van der Waals surface area contributed by atoms with Crippen LogP contribution in [0.5, 0.6) is 11.5 Å². The van der Waals surface area contributed by atoms with Crippen molar-refractivity contribution in [3.8, 4) is 11.5 Å². The third kappa shape index (κ3) is 2.78. The van der Waals surface area contributed by atoms with Gasteiger partial charge in [0.2, 0.25) is 0 Å². The molecule has 3 nitrogen and oxygen atoms in total. The van der Waals surface area contributed by atoms with Gasteiger partial charge in [-0.25, -0.2) is 0 Å². The van der Waals surface area contributed by atoms with E-state index in [4.69, 9.17) is 21.1 Å². The fourth-order valence-corrected chi connectivity index (χ4v) is 2.26. The number of ether oxygens (including phenoxy) is 2. The number of carbonyl (C=O) groups is 1. The average Bonchev–Trinajstić information content (AvgIpc) is 2.46. The Morgan fingerprint density at radius 1 is 1.00 bits per heavy atom. The van der Waals surface area contributed by atoms with Crippen molar-refractivity contribution in [1.29, 1.82) is 0 Å². The molecule has 0 aliphatic carbocycles. The van der Waals surface area contributed by atoms with Gasteiger partial charge in [-0.15, -0.1) is 0 Å². The predicted octanol–water partition coefficient (Wildman–Crippen LogP) is 3.90. The Hall–Kier alpha value is -2.00. The van der Waals surface area contributed by atoms with Gasteiger partial charge < -0.3 is 9.47 Å². The first-order chi connectivity index (χ1) is 9.56. The molecule has 0 N–H and O–H groups in total. The molecule has 0 atom stereocenters. The third-order valence-electron chi connectivity index (χ3n) is 3.02. The maximum absolute atomic E-state index is 12.6. The summed E-state index contributed by atoms with van der Waals surface area (Å²) in [6.07, 6.45) is 0. The molecule has 20 heavy (non-hydrogen) atoms. The maximum Gasteiger partial charge on any atom is 0.198 e. The summed E-state index contributed by atoms with van der Waals surface area (Å²) in [5, 5.41) is 0.430. The molecule has 0 spiro atoms. The monoisotopic (exact) mass is 290 g/mol. The van der Waals surface area contributed by atoms with Gasteiger partial charge in [-0.2, -0.15) is 0 Å². The third-order valence-corrected chi connectivity index (χ3v) is 3.33. The Labute approximate surface area is 123 Å². The van der Waals surface area contributed by atoms with Crippen LogP contribution in [0, 0.1) is 6.92 Å². The molecule has 0 saturated heterocycles. The van der Waals surface area contributed by atoms with Crippen molar-refractivity contribution in [3.05, 3.63) is 58.1 Å². The molecule has 2 aromatic carbocycles. The van der Waals surface area contributed by atoms with Gasteiger partial charge in [0.25, 0.3) is 0 Å². The SMILES string of the molecule is COc1ccc(OC)c(C(=O)c2ccc(C)cc2Cl)c1. The van der Waals surface area contributed by atoms with Crippen LogP contribution in [-0.4, -0.2) is 20.0 Å². The number of halogens is 1. The Morgan fingerprint density at radius 3 is 2.35 bits per heavy atom. The number of rotatable bonds is 4. The minimum Gasteiger partial charge on any atom is -0.497 e. The van der Waals surface area contributed by atoms with E-state index in [2.05, 4.69) is 0 Å². The predicted molar refractivity (Wildman–Crippen MR) is 79.2 cm³/mol. The van der Waals surface area contributed by atoms with Crippen LogP contribution in [0.3, 0.4) is 0 Å². The van der Waals surface area contributed by atoms with Crippen LogP contribution in [0.1, 0.15) is 21.5 Å². The lowest BCUT2D eigenvalue weighted by Crippen LogP contribution is -2.05. The number of methoxy groups -OCH3 is 2. The van der Waals surface area contributed by atoms with Crippen molar-refractivity contribution < 1.29 is 14.3 Å². The molecule has 0 bridgehead atoms. The molecule has 0 saturated carbocycles. The van der Waals surface area contributed by atoms with Gasteiger partial charge in [0, 0.05) is 5.56 Å². The molecule has 0 radical (unpaired) electrons. The van der Waals surface area contributed by atoms with E-state index < -0.39 is 0 Å². The van der Waals surface area contributed by atoms with Crippen LogP contribution in [0.25, 0.3) is 0 Å². The number of hydrogen-bond acceptors (Lipinski definition) is 3. The smallest absolute Gasteiger partial charge is 0.198 e. The fourth-order valence-electron chi connectivity index (χ4n) is 1.94. The second-order valence-corrected chi connectivity index (χ2v) is 4.79. The lowest BCUT2D eigenvalue weighted by Gasteiger charge is -2.10. The zero-order valence-corrected chi connectivity index (χ0v) is 12.3. The van der Waals surface area contributed by atoms with E-state index in [1.165, 1.54) is 7.11 Å². The molecule has 0 amide bonds. The zero-order valence-electron chi connectivity index (χ0n) is 11.6. The van der Waals surface area contributed by atoms with Crippen LogP contribution in [0.15, 0.2) is 36.4 Å². The van der Waals surface area contributed by atoms with Gasteiger partial charge in [-0.05, 0) is 42.8 Å². The Bertz CT molecular complexity index is 650. The summed E-state index contributed by atoms with van der Waals surface area (Å²) in [5.74, 6) is 0.899. The lowest BCUT2D eigenvalue weighted by molar-refractivity contribution is 0.103.